The van der Waals surface area contributed by atoms with Gasteiger partial charge < -0.3 is 20.3 Å². The molecule has 0 heterocycles. The molecule has 6 nitrogen and oxygen atoms in total. The van der Waals surface area contributed by atoms with Gasteiger partial charge in [-0.05, 0) is 57.8 Å². The number of aliphatic hydroxyl groups excluding tert-OH is 2. The van der Waals surface area contributed by atoms with Crippen LogP contribution in [0.1, 0.15) is 181 Å². The molecule has 0 aromatic carbocycles. The predicted molar refractivity (Wildman–Crippen MR) is 259 cm³/mol. The number of nitrogens with one attached hydrogen (secondary N) is 1. The fraction of sp³-hybridized carbons (Fsp3) is 0.593. The van der Waals surface area contributed by atoms with E-state index in [0.717, 1.165) is 70.6 Å². The second kappa shape index (κ2) is 46.3. The maximum atomic E-state index is 13.2. The van der Waals surface area contributed by atoms with E-state index in [1.54, 1.807) is 0 Å². The molecule has 0 saturated heterocycles. The Labute approximate surface area is 368 Å². The van der Waals surface area contributed by atoms with E-state index in [1.165, 1.54) is 64.2 Å². The number of allylic oxidation sites excluding steroid dienone is 20. The SMILES string of the molecule is CC/C=C/C=C/C=C\C=C/C=C/CCCCCC(=O)OC(CCC/C=C/C=C\C=C/C=C/C=C/CC)CC(=O)NC(CO)C(O)CCCCCCCCCCCCCCC. The van der Waals surface area contributed by atoms with E-state index in [9.17, 15) is 19.8 Å². The van der Waals surface area contributed by atoms with Crippen molar-refractivity contribution < 1.29 is 24.5 Å². The van der Waals surface area contributed by atoms with Crippen molar-refractivity contribution in [1.82, 2.24) is 5.32 Å². The van der Waals surface area contributed by atoms with Crippen molar-refractivity contribution in [3.63, 3.8) is 0 Å². The van der Waals surface area contributed by atoms with Gasteiger partial charge in [-0.25, -0.2) is 0 Å². The Balaban J connectivity index is 4.81. The molecule has 3 atom stereocenters. The average molecular weight is 830 g/mol. The van der Waals surface area contributed by atoms with Crippen LogP contribution in [0.4, 0.5) is 0 Å². The number of hydrogen-bond acceptors (Lipinski definition) is 5. The van der Waals surface area contributed by atoms with Gasteiger partial charge in [-0.15, -0.1) is 0 Å². The van der Waals surface area contributed by atoms with Gasteiger partial charge in [0.2, 0.25) is 5.91 Å². The van der Waals surface area contributed by atoms with Gasteiger partial charge in [-0.1, -0.05) is 232 Å². The summed E-state index contributed by atoms with van der Waals surface area (Å²) in [5.41, 5.74) is 0. The number of carbonyl (C=O) groups excluding carboxylic acids is 2. The normalized spacial score (nSPS) is 14.4. The predicted octanol–water partition coefficient (Wildman–Crippen LogP) is 14.1. The third-order valence-electron chi connectivity index (χ3n) is 10.0. The number of ether oxygens (including phenoxy) is 1. The van der Waals surface area contributed by atoms with Crippen molar-refractivity contribution in [2.75, 3.05) is 6.61 Å². The van der Waals surface area contributed by atoms with Gasteiger partial charge in [-0.3, -0.25) is 9.59 Å². The van der Waals surface area contributed by atoms with Crippen LogP contribution in [0.3, 0.4) is 0 Å². The van der Waals surface area contributed by atoms with Crippen LogP contribution in [0.15, 0.2) is 122 Å². The summed E-state index contributed by atoms with van der Waals surface area (Å²) in [5.74, 6) is -0.611. The van der Waals surface area contributed by atoms with Crippen LogP contribution in [-0.2, 0) is 14.3 Å². The topological polar surface area (TPSA) is 95.9 Å². The summed E-state index contributed by atoms with van der Waals surface area (Å²) in [6.45, 7) is 6.14. The summed E-state index contributed by atoms with van der Waals surface area (Å²) in [5, 5.41) is 23.7. The molecule has 0 aliphatic carbocycles. The van der Waals surface area contributed by atoms with Gasteiger partial charge in [0.05, 0.1) is 25.2 Å². The van der Waals surface area contributed by atoms with Gasteiger partial charge >= 0.3 is 5.97 Å². The monoisotopic (exact) mass is 830 g/mol. The Bertz CT molecular complexity index is 1300. The van der Waals surface area contributed by atoms with Crippen LogP contribution in [0.25, 0.3) is 0 Å². The van der Waals surface area contributed by atoms with Crippen molar-refractivity contribution >= 4 is 11.9 Å². The van der Waals surface area contributed by atoms with E-state index in [1.807, 2.05) is 97.2 Å². The molecule has 0 bridgehead atoms. The number of unbranched alkanes of at least 4 members (excludes halogenated alkanes) is 16. The van der Waals surface area contributed by atoms with Crippen molar-refractivity contribution in [3.8, 4) is 0 Å². The summed E-state index contributed by atoms with van der Waals surface area (Å²) in [6.07, 6.45) is 64.0. The fourth-order valence-corrected chi connectivity index (χ4v) is 6.48. The number of rotatable bonds is 40. The molecular formula is C54H87NO5. The molecule has 6 heteroatoms. The molecule has 3 unspecified atom stereocenters. The van der Waals surface area contributed by atoms with Crippen LogP contribution in [0.2, 0.25) is 0 Å². The van der Waals surface area contributed by atoms with Crippen molar-refractivity contribution in [1.29, 1.82) is 0 Å². The summed E-state index contributed by atoms with van der Waals surface area (Å²) in [7, 11) is 0. The maximum Gasteiger partial charge on any atom is 0.306 e. The zero-order chi connectivity index (χ0) is 43.8. The first-order valence-electron chi connectivity index (χ1n) is 23.9. The molecule has 0 aromatic rings. The lowest BCUT2D eigenvalue weighted by atomic mass is 10.0. The van der Waals surface area contributed by atoms with Gasteiger partial charge in [0.25, 0.3) is 0 Å². The minimum absolute atomic E-state index is 0.00275. The number of carbonyl (C=O) groups is 2. The van der Waals surface area contributed by atoms with E-state index >= 15 is 0 Å². The first-order valence-corrected chi connectivity index (χ1v) is 23.9. The van der Waals surface area contributed by atoms with Crippen LogP contribution in [0.5, 0.6) is 0 Å². The Kier molecular flexibility index (Phi) is 43.4. The molecule has 3 N–H and O–H groups in total. The van der Waals surface area contributed by atoms with Crippen LogP contribution < -0.4 is 5.32 Å². The maximum absolute atomic E-state index is 13.2. The standard InChI is InChI=1S/C54H87NO5/c1-4-7-10-13-16-19-22-25-26-29-32-35-38-41-44-47-54(59)60-50(45-42-39-36-33-30-27-23-20-17-14-11-8-5-2)48-53(58)55-51(49-56)52(57)46-43-40-37-34-31-28-24-21-18-15-12-9-6-3/h7-8,10-11,13-14,16-17,19-20,22-23,25-27,29-30,32-33,36,50-52,56-57H,4-6,9,12,15,18,21,24,28,31,34-35,37-49H2,1-3H3,(H,55,58)/b10-7+,11-8+,16-13+,17-14+,22-19-,23-20-,26-25-,30-27-,32-29+,36-33+. The smallest absolute Gasteiger partial charge is 0.306 e. The molecule has 0 fully saturated rings. The molecule has 0 radical (unpaired) electrons. The third kappa shape index (κ3) is 41.0. The highest BCUT2D eigenvalue weighted by molar-refractivity contribution is 5.77. The number of esters is 1. The molecular weight excluding hydrogens is 743 g/mol. The second-order valence-corrected chi connectivity index (χ2v) is 15.6. The highest BCUT2D eigenvalue weighted by atomic mass is 16.5. The van der Waals surface area contributed by atoms with Gasteiger partial charge in [0.1, 0.15) is 6.10 Å². The fourth-order valence-electron chi connectivity index (χ4n) is 6.48. The lowest BCUT2D eigenvalue weighted by Gasteiger charge is -2.24. The minimum atomic E-state index is -0.822. The number of aliphatic hydroxyl groups is 2. The molecule has 60 heavy (non-hydrogen) atoms. The van der Waals surface area contributed by atoms with E-state index in [4.69, 9.17) is 4.74 Å². The third-order valence-corrected chi connectivity index (χ3v) is 10.0. The van der Waals surface area contributed by atoms with E-state index in [2.05, 4.69) is 50.4 Å². The molecule has 0 aliphatic heterocycles. The molecule has 338 valence electrons. The molecule has 0 saturated carbocycles. The zero-order valence-corrected chi connectivity index (χ0v) is 38.3. The summed E-state index contributed by atoms with van der Waals surface area (Å²) < 4.78 is 5.85. The minimum Gasteiger partial charge on any atom is -0.462 e. The van der Waals surface area contributed by atoms with Gasteiger partial charge in [0.15, 0.2) is 0 Å². The van der Waals surface area contributed by atoms with E-state index in [0.29, 0.717) is 19.3 Å². The van der Waals surface area contributed by atoms with E-state index < -0.39 is 18.2 Å². The Hall–Kier alpha value is -3.74. The van der Waals surface area contributed by atoms with Gasteiger partial charge in [0, 0.05) is 6.42 Å². The van der Waals surface area contributed by atoms with Gasteiger partial charge in [-0.2, -0.15) is 0 Å². The molecule has 0 rings (SSSR count). The lowest BCUT2D eigenvalue weighted by molar-refractivity contribution is -0.151. The zero-order valence-electron chi connectivity index (χ0n) is 38.3. The van der Waals surface area contributed by atoms with Crippen molar-refractivity contribution in [3.05, 3.63) is 122 Å². The molecule has 0 aliphatic rings. The average Bonchev–Trinajstić information content (AvgIpc) is 3.24. The van der Waals surface area contributed by atoms with Crippen LogP contribution >= 0.6 is 0 Å². The number of hydrogen-bond donors (Lipinski definition) is 3. The highest BCUT2D eigenvalue weighted by Gasteiger charge is 2.24. The number of amides is 1. The molecule has 0 spiro atoms. The summed E-state index contributed by atoms with van der Waals surface area (Å²) in [6, 6.07) is -0.741. The van der Waals surface area contributed by atoms with Crippen molar-refractivity contribution in [2.45, 2.75) is 200 Å². The largest absolute Gasteiger partial charge is 0.462 e. The molecule has 1 amide bonds. The Morgan fingerprint density at radius 3 is 1.38 bits per heavy atom. The molecule has 0 aromatic heterocycles. The van der Waals surface area contributed by atoms with Crippen LogP contribution in [0, 0.1) is 0 Å². The quantitative estimate of drug-likeness (QED) is 0.0325. The Morgan fingerprint density at radius 2 is 0.917 bits per heavy atom. The second-order valence-electron chi connectivity index (χ2n) is 15.6. The first kappa shape index (κ1) is 56.3. The van der Waals surface area contributed by atoms with Crippen LogP contribution in [-0.4, -0.2) is 46.9 Å². The summed E-state index contributed by atoms with van der Waals surface area (Å²) in [4.78, 5) is 26.0. The summed E-state index contributed by atoms with van der Waals surface area (Å²) >= 11 is 0. The first-order chi connectivity index (χ1) is 29.5. The lowest BCUT2D eigenvalue weighted by Crippen LogP contribution is -2.46. The highest BCUT2D eigenvalue weighted by Crippen LogP contribution is 2.16. The Morgan fingerprint density at radius 1 is 0.500 bits per heavy atom. The van der Waals surface area contributed by atoms with E-state index in [-0.39, 0.29) is 24.9 Å². The van der Waals surface area contributed by atoms with Crippen molar-refractivity contribution in [2.24, 2.45) is 0 Å².